The third kappa shape index (κ3) is 3.30. The minimum absolute atomic E-state index is 0.0965. The van der Waals surface area contributed by atoms with E-state index in [4.69, 9.17) is 4.74 Å². The lowest BCUT2D eigenvalue weighted by molar-refractivity contribution is -0.283. The second-order valence-corrected chi connectivity index (χ2v) is 5.83. The van der Waals surface area contributed by atoms with Crippen LogP contribution in [0.15, 0.2) is 54.6 Å². The molecule has 2 rings (SSSR count). The first-order chi connectivity index (χ1) is 11.2. The van der Waals surface area contributed by atoms with Gasteiger partial charge < -0.3 is 4.74 Å². The van der Waals surface area contributed by atoms with Crippen molar-refractivity contribution < 1.29 is 22.7 Å². The van der Waals surface area contributed by atoms with Crippen LogP contribution in [0.4, 0.5) is 13.2 Å². The third-order valence-electron chi connectivity index (χ3n) is 4.12. The number of halogens is 3. The summed E-state index contributed by atoms with van der Waals surface area (Å²) in [6.07, 6.45) is -4.77. The van der Waals surface area contributed by atoms with Gasteiger partial charge in [0.15, 0.2) is 0 Å². The number of carbonyl (C=O) groups excluding carboxylic acids is 1. The van der Waals surface area contributed by atoms with Gasteiger partial charge in [-0.1, -0.05) is 67.1 Å². The van der Waals surface area contributed by atoms with E-state index in [0.29, 0.717) is 5.56 Å². The van der Waals surface area contributed by atoms with Gasteiger partial charge in [0.25, 0.3) is 0 Å². The van der Waals surface area contributed by atoms with Crippen LogP contribution >= 0.6 is 0 Å². The molecule has 2 aromatic rings. The molecule has 0 N–H and O–H groups in total. The Morgan fingerprint density at radius 3 is 2.00 bits per heavy atom. The average molecular weight is 336 g/mol. The van der Waals surface area contributed by atoms with E-state index >= 15 is 0 Å². The number of ether oxygens (including phenoxy) is 1. The lowest BCUT2D eigenvalue weighted by Gasteiger charge is -2.40. The highest BCUT2D eigenvalue weighted by Crippen LogP contribution is 2.51. The Kier molecular flexibility index (Phi) is 5.02. The predicted octanol–water partition coefficient (Wildman–Crippen LogP) is 5.12. The van der Waals surface area contributed by atoms with Crippen LogP contribution in [0.3, 0.4) is 0 Å². The Morgan fingerprint density at radius 1 is 1.00 bits per heavy atom. The second kappa shape index (κ2) is 6.67. The third-order valence-corrected chi connectivity index (χ3v) is 4.12. The first kappa shape index (κ1) is 18.0. The predicted molar refractivity (Wildman–Crippen MR) is 85.5 cm³/mol. The molecule has 0 radical (unpaired) electrons. The SMILES string of the molecule is CC(=O)OC(c1ccccc1)(C(C)c1ccc(C)cc1)C(F)(F)F. The molecule has 0 spiro atoms. The molecule has 2 aromatic carbocycles. The van der Waals surface area contributed by atoms with Crippen molar-refractivity contribution in [2.24, 2.45) is 0 Å². The highest BCUT2D eigenvalue weighted by molar-refractivity contribution is 5.67. The van der Waals surface area contributed by atoms with Gasteiger partial charge in [-0.3, -0.25) is 4.79 Å². The van der Waals surface area contributed by atoms with Crippen molar-refractivity contribution in [3.63, 3.8) is 0 Å². The van der Waals surface area contributed by atoms with Gasteiger partial charge in [-0.15, -0.1) is 0 Å². The van der Waals surface area contributed by atoms with Crippen molar-refractivity contribution in [1.29, 1.82) is 0 Å². The van der Waals surface area contributed by atoms with Crippen molar-refractivity contribution >= 4 is 5.97 Å². The summed E-state index contributed by atoms with van der Waals surface area (Å²) in [7, 11) is 0. The fourth-order valence-electron chi connectivity index (χ4n) is 2.87. The Bertz CT molecular complexity index is 693. The molecule has 0 amide bonds. The average Bonchev–Trinajstić information content (AvgIpc) is 2.52. The van der Waals surface area contributed by atoms with Gasteiger partial charge in [0.2, 0.25) is 5.60 Å². The molecule has 0 aliphatic heterocycles. The molecule has 2 atom stereocenters. The zero-order chi connectivity index (χ0) is 18.0. The maximum Gasteiger partial charge on any atom is 0.433 e. The zero-order valence-corrected chi connectivity index (χ0v) is 13.7. The van der Waals surface area contributed by atoms with Crippen LogP contribution in [0.1, 0.15) is 36.5 Å². The van der Waals surface area contributed by atoms with Gasteiger partial charge >= 0.3 is 12.1 Å². The van der Waals surface area contributed by atoms with Crippen molar-refractivity contribution in [3.8, 4) is 0 Å². The van der Waals surface area contributed by atoms with Gasteiger partial charge in [0.05, 0.1) is 0 Å². The lowest BCUT2D eigenvalue weighted by Crippen LogP contribution is -2.49. The molecule has 0 aliphatic rings. The Morgan fingerprint density at radius 2 is 1.54 bits per heavy atom. The van der Waals surface area contributed by atoms with E-state index in [1.54, 1.807) is 30.3 Å². The number of benzene rings is 2. The number of carbonyl (C=O) groups is 1. The fraction of sp³-hybridized carbons (Fsp3) is 0.316. The molecule has 5 heteroatoms. The molecule has 0 aromatic heterocycles. The summed E-state index contributed by atoms with van der Waals surface area (Å²) < 4.78 is 47.4. The van der Waals surface area contributed by atoms with Crippen LogP contribution < -0.4 is 0 Å². The first-order valence-electron chi connectivity index (χ1n) is 7.57. The van der Waals surface area contributed by atoms with E-state index in [-0.39, 0.29) is 5.56 Å². The standard InChI is InChI=1S/C19H19F3O2/c1-13-9-11-16(12-10-13)14(2)18(19(20,21)22,24-15(3)23)17-7-5-4-6-8-17/h4-12,14H,1-3H3. The molecule has 0 heterocycles. The van der Waals surface area contributed by atoms with E-state index < -0.39 is 23.7 Å². The normalized spacial score (nSPS) is 15.4. The highest BCUT2D eigenvalue weighted by Gasteiger charge is 2.62. The minimum atomic E-state index is -4.77. The van der Waals surface area contributed by atoms with Crippen molar-refractivity contribution in [1.82, 2.24) is 0 Å². The van der Waals surface area contributed by atoms with Crippen LogP contribution in [0.25, 0.3) is 0 Å². The smallest absolute Gasteiger partial charge is 0.433 e. The number of hydrogen-bond acceptors (Lipinski definition) is 2. The Balaban J connectivity index is 2.68. The maximum atomic E-state index is 14.2. The fourth-order valence-corrected chi connectivity index (χ4v) is 2.87. The van der Waals surface area contributed by atoms with E-state index in [9.17, 15) is 18.0 Å². The zero-order valence-electron chi connectivity index (χ0n) is 13.7. The van der Waals surface area contributed by atoms with Crippen LogP contribution in [0.5, 0.6) is 0 Å². The van der Waals surface area contributed by atoms with Crippen LogP contribution in [-0.2, 0) is 15.1 Å². The minimum Gasteiger partial charge on any atom is -0.444 e. The number of rotatable bonds is 4. The van der Waals surface area contributed by atoms with Crippen LogP contribution in [0, 0.1) is 6.92 Å². The van der Waals surface area contributed by atoms with Crippen molar-refractivity contribution in [3.05, 3.63) is 71.3 Å². The first-order valence-corrected chi connectivity index (χ1v) is 7.57. The number of alkyl halides is 3. The monoisotopic (exact) mass is 336 g/mol. The summed E-state index contributed by atoms with van der Waals surface area (Å²) in [6, 6.07) is 14.0. The number of aryl methyl sites for hydroxylation is 1. The van der Waals surface area contributed by atoms with Crippen molar-refractivity contribution in [2.75, 3.05) is 0 Å². The van der Waals surface area contributed by atoms with Gasteiger partial charge in [0, 0.05) is 18.4 Å². The Labute approximate surface area is 139 Å². The summed E-state index contributed by atoms with van der Waals surface area (Å²) >= 11 is 0. The molecule has 128 valence electrons. The Hall–Kier alpha value is -2.30. The van der Waals surface area contributed by atoms with E-state index in [0.717, 1.165) is 12.5 Å². The van der Waals surface area contributed by atoms with Crippen LogP contribution in [-0.4, -0.2) is 12.1 Å². The molecular weight excluding hydrogens is 317 g/mol. The molecule has 0 bridgehead atoms. The summed E-state index contributed by atoms with van der Waals surface area (Å²) in [6.45, 7) is 4.27. The van der Waals surface area contributed by atoms with Gasteiger partial charge in [-0.2, -0.15) is 13.2 Å². The second-order valence-electron chi connectivity index (χ2n) is 5.83. The summed E-state index contributed by atoms with van der Waals surface area (Å²) in [4.78, 5) is 11.5. The van der Waals surface area contributed by atoms with E-state index in [2.05, 4.69) is 0 Å². The molecule has 2 unspecified atom stereocenters. The van der Waals surface area contributed by atoms with Gasteiger partial charge in [-0.25, -0.2) is 0 Å². The molecule has 0 aliphatic carbocycles. The molecule has 0 fully saturated rings. The quantitative estimate of drug-likeness (QED) is 0.725. The highest BCUT2D eigenvalue weighted by atomic mass is 19.4. The van der Waals surface area contributed by atoms with Crippen molar-refractivity contribution in [2.45, 2.75) is 38.5 Å². The summed E-state index contributed by atoms with van der Waals surface area (Å²) in [5.74, 6) is -2.08. The molecular formula is C19H19F3O2. The van der Waals surface area contributed by atoms with Crippen LogP contribution in [0.2, 0.25) is 0 Å². The summed E-state index contributed by atoms with van der Waals surface area (Å²) in [5.41, 5.74) is -1.45. The molecule has 0 saturated heterocycles. The van der Waals surface area contributed by atoms with Gasteiger partial charge in [0.1, 0.15) is 0 Å². The largest absolute Gasteiger partial charge is 0.444 e. The molecule has 24 heavy (non-hydrogen) atoms. The van der Waals surface area contributed by atoms with E-state index in [1.807, 2.05) is 6.92 Å². The molecule has 2 nitrogen and oxygen atoms in total. The maximum absolute atomic E-state index is 14.2. The number of hydrogen-bond donors (Lipinski definition) is 0. The van der Waals surface area contributed by atoms with E-state index in [1.165, 1.54) is 31.2 Å². The van der Waals surface area contributed by atoms with Gasteiger partial charge in [-0.05, 0) is 12.5 Å². The lowest BCUT2D eigenvalue weighted by atomic mass is 9.77. The topological polar surface area (TPSA) is 26.3 Å². The summed E-state index contributed by atoms with van der Waals surface area (Å²) in [5, 5.41) is 0. The molecule has 0 saturated carbocycles. The number of esters is 1.